The minimum atomic E-state index is -0.313. The lowest BCUT2D eigenvalue weighted by molar-refractivity contribution is -0.133. The van der Waals surface area contributed by atoms with Gasteiger partial charge in [-0.1, -0.05) is 48.5 Å². The number of carbonyl (C=O) groups is 2. The van der Waals surface area contributed by atoms with Gasteiger partial charge in [0.2, 0.25) is 11.8 Å². The first-order valence-electron chi connectivity index (χ1n) is 8.44. The van der Waals surface area contributed by atoms with Gasteiger partial charge in [-0.05, 0) is 24.1 Å². The zero-order valence-electron chi connectivity index (χ0n) is 14.2. The fraction of sp³-hybridized carbons (Fsp3) is 0.300. The van der Waals surface area contributed by atoms with Crippen LogP contribution in [0.3, 0.4) is 0 Å². The predicted molar refractivity (Wildman–Crippen MR) is 100 cm³/mol. The van der Waals surface area contributed by atoms with Gasteiger partial charge in [-0.3, -0.25) is 9.59 Å². The Labute approximate surface area is 152 Å². The normalized spacial score (nSPS) is 18.7. The predicted octanol–water partition coefficient (Wildman–Crippen LogP) is 3.26. The number of hydrogen-bond acceptors (Lipinski definition) is 3. The van der Waals surface area contributed by atoms with Crippen LogP contribution in [0.15, 0.2) is 65.6 Å². The average molecular weight is 354 g/mol. The molecule has 2 amide bonds. The van der Waals surface area contributed by atoms with Gasteiger partial charge >= 0.3 is 0 Å². The molecule has 1 fully saturated rings. The molecule has 2 unspecified atom stereocenters. The summed E-state index contributed by atoms with van der Waals surface area (Å²) in [6.07, 6.45) is 1.19. The van der Waals surface area contributed by atoms with E-state index in [1.165, 1.54) is 0 Å². The third kappa shape index (κ3) is 4.63. The van der Waals surface area contributed by atoms with Gasteiger partial charge in [0.1, 0.15) is 5.25 Å². The van der Waals surface area contributed by atoms with Gasteiger partial charge in [0, 0.05) is 31.0 Å². The average Bonchev–Trinajstić information content (AvgIpc) is 2.64. The van der Waals surface area contributed by atoms with Crippen LogP contribution in [-0.4, -0.2) is 36.3 Å². The van der Waals surface area contributed by atoms with Gasteiger partial charge in [0.05, 0.1) is 0 Å². The second-order valence-electron chi connectivity index (χ2n) is 6.24. The third-order valence-electron chi connectivity index (χ3n) is 4.31. The number of rotatable bonds is 5. The molecule has 2 aromatic rings. The van der Waals surface area contributed by atoms with Crippen molar-refractivity contribution < 1.29 is 9.59 Å². The Morgan fingerprint density at radius 1 is 1.12 bits per heavy atom. The fourth-order valence-electron chi connectivity index (χ4n) is 2.94. The van der Waals surface area contributed by atoms with Crippen LogP contribution < -0.4 is 5.32 Å². The van der Waals surface area contributed by atoms with Gasteiger partial charge < -0.3 is 10.2 Å². The van der Waals surface area contributed by atoms with Crippen LogP contribution in [0.5, 0.6) is 0 Å². The first-order valence-corrected chi connectivity index (χ1v) is 9.32. The van der Waals surface area contributed by atoms with E-state index in [1.807, 2.05) is 60.7 Å². The number of thioether (sulfide) groups is 1. The highest BCUT2D eigenvalue weighted by molar-refractivity contribution is 8.00. The highest BCUT2D eigenvalue weighted by atomic mass is 32.2. The fourth-order valence-corrected chi connectivity index (χ4v) is 4.00. The molecule has 4 nitrogen and oxygen atoms in total. The molecule has 0 radical (unpaired) electrons. The maximum Gasteiger partial charge on any atom is 0.238 e. The summed E-state index contributed by atoms with van der Waals surface area (Å²) in [5.41, 5.74) is 0.981. The standard InChI is InChI=1S/C20H22N2O2S/c1-22-14-16(12-13-18(22)23)21-20(24)19(15-8-4-2-5-9-15)25-17-10-6-3-7-11-17/h2-11,16,19H,12-14H2,1H3,(H,21,24). The Morgan fingerprint density at radius 2 is 1.76 bits per heavy atom. The molecule has 0 saturated carbocycles. The lowest BCUT2D eigenvalue weighted by Crippen LogP contribution is -2.49. The first-order chi connectivity index (χ1) is 12.1. The van der Waals surface area contributed by atoms with Crippen LogP contribution in [0.1, 0.15) is 23.7 Å². The van der Waals surface area contributed by atoms with Crippen LogP contribution in [0.25, 0.3) is 0 Å². The van der Waals surface area contributed by atoms with E-state index in [0.29, 0.717) is 19.4 Å². The van der Waals surface area contributed by atoms with Crippen molar-refractivity contribution in [2.75, 3.05) is 13.6 Å². The van der Waals surface area contributed by atoms with Crippen molar-refractivity contribution in [3.05, 3.63) is 66.2 Å². The Morgan fingerprint density at radius 3 is 2.40 bits per heavy atom. The maximum atomic E-state index is 13.0. The number of hydrogen-bond donors (Lipinski definition) is 1. The molecule has 3 rings (SSSR count). The molecule has 1 aliphatic heterocycles. The summed E-state index contributed by atoms with van der Waals surface area (Å²) in [6.45, 7) is 0.572. The number of nitrogens with one attached hydrogen (secondary N) is 1. The lowest BCUT2D eigenvalue weighted by atomic mass is 10.0. The second-order valence-corrected chi connectivity index (χ2v) is 7.42. The molecular weight excluding hydrogens is 332 g/mol. The van der Waals surface area contributed by atoms with E-state index in [1.54, 1.807) is 23.7 Å². The van der Waals surface area contributed by atoms with Crippen molar-refractivity contribution in [3.8, 4) is 0 Å². The molecule has 25 heavy (non-hydrogen) atoms. The van der Waals surface area contributed by atoms with Gasteiger partial charge in [-0.15, -0.1) is 11.8 Å². The number of carbonyl (C=O) groups excluding carboxylic acids is 2. The van der Waals surface area contributed by atoms with Crippen molar-refractivity contribution >= 4 is 23.6 Å². The number of likely N-dealkylation sites (N-methyl/N-ethyl adjacent to an activating group) is 1. The summed E-state index contributed by atoms with van der Waals surface area (Å²) in [5.74, 6) is 0.136. The van der Waals surface area contributed by atoms with Gasteiger partial charge in [0.25, 0.3) is 0 Å². The monoisotopic (exact) mass is 354 g/mol. The molecule has 0 spiro atoms. The molecule has 0 aliphatic carbocycles. The smallest absolute Gasteiger partial charge is 0.238 e. The van der Waals surface area contributed by atoms with E-state index in [0.717, 1.165) is 10.5 Å². The van der Waals surface area contributed by atoms with E-state index in [4.69, 9.17) is 0 Å². The summed E-state index contributed by atoms with van der Waals surface area (Å²) in [5, 5.41) is 2.82. The Kier molecular flexibility index (Phi) is 5.76. The molecule has 130 valence electrons. The molecule has 2 aromatic carbocycles. The molecular formula is C20H22N2O2S. The van der Waals surface area contributed by atoms with Gasteiger partial charge in [-0.25, -0.2) is 0 Å². The molecule has 0 aromatic heterocycles. The number of piperidine rings is 1. The minimum Gasteiger partial charge on any atom is -0.350 e. The van der Waals surface area contributed by atoms with Crippen LogP contribution in [0.2, 0.25) is 0 Å². The maximum absolute atomic E-state index is 13.0. The van der Waals surface area contributed by atoms with Crippen molar-refractivity contribution in [1.82, 2.24) is 10.2 Å². The largest absolute Gasteiger partial charge is 0.350 e. The number of amides is 2. The molecule has 5 heteroatoms. The Hall–Kier alpha value is -2.27. The van der Waals surface area contributed by atoms with E-state index >= 15 is 0 Å². The zero-order chi connectivity index (χ0) is 17.6. The van der Waals surface area contributed by atoms with Crippen LogP contribution >= 0.6 is 11.8 Å². The molecule has 1 heterocycles. The SMILES string of the molecule is CN1CC(NC(=O)C(Sc2ccccc2)c2ccccc2)CCC1=O. The van der Waals surface area contributed by atoms with Crippen molar-refractivity contribution in [2.45, 2.75) is 29.0 Å². The van der Waals surface area contributed by atoms with Crippen LogP contribution in [0.4, 0.5) is 0 Å². The molecule has 1 N–H and O–H groups in total. The molecule has 0 bridgehead atoms. The van der Waals surface area contributed by atoms with E-state index in [2.05, 4.69) is 5.32 Å². The number of likely N-dealkylation sites (tertiary alicyclic amines) is 1. The van der Waals surface area contributed by atoms with E-state index in [9.17, 15) is 9.59 Å². The number of benzene rings is 2. The highest BCUT2D eigenvalue weighted by Crippen LogP contribution is 2.35. The first kappa shape index (κ1) is 17.5. The number of nitrogens with zero attached hydrogens (tertiary/aromatic N) is 1. The minimum absolute atomic E-state index is 0.00666. The van der Waals surface area contributed by atoms with E-state index in [-0.39, 0.29) is 23.1 Å². The summed E-state index contributed by atoms with van der Waals surface area (Å²) in [4.78, 5) is 27.3. The third-order valence-corrected chi connectivity index (χ3v) is 5.58. The highest BCUT2D eigenvalue weighted by Gasteiger charge is 2.28. The lowest BCUT2D eigenvalue weighted by Gasteiger charge is -2.31. The van der Waals surface area contributed by atoms with Gasteiger partial charge in [0.15, 0.2) is 0 Å². The van der Waals surface area contributed by atoms with Crippen LogP contribution in [-0.2, 0) is 9.59 Å². The summed E-state index contributed by atoms with van der Waals surface area (Å²) in [6, 6.07) is 19.8. The Bertz CT molecular complexity index is 721. The quantitative estimate of drug-likeness (QED) is 0.839. The summed E-state index contributed by atoms with van der Waals surface area (Å²) in [7, 11) is 1.79. The van der Waals surface area contributed by atoms with E-state index < -0.39 is 0 Å². The van der Waals surface area contributed by atoms with Crippen molar-refractivity contribution in [2.24, 2.45) is 0 Å². The summed E-state index contributed by atoms with van der Waals surface area (Å²) >= 11 is 1.55. The molecule has 1 saturated heterocycles. The second kappa shape index (κ2) is 8.21. The van der Waals surface area contributed by atoms with Crippen molar-refractivity contribution in [1.29, 1.82) is 0 Å². The summed E-state index contributed by atoms with van der Waals surface area (Å²) < 4.78 is 0. The zero-order valence-corrected chi connectivity index (χ0v) is 15.0. The Balaban J connectivity index is 1.74. The molecule has 2 atom stereocenters. The van der Waals surface area contributed by atoms with Crippen LogP contribution in [0, 0.1) is 0 Å². The van der Waals surface area contributed by atoms with Crippen molar-refractivity contribution in [3.63, 3.8) is 0 Å². The topological polar surface area (TPSA) is 49.4 Å². The van der Waals surface area contributed by atoms with Gasteiger partial charge in [-0.2, -0.15) is 0 Å². The molecule has 1 aliphatic rings.